The van der Waals surface area contributed by atoms with E-state index in [9.17, 15) is 9.18 Å². The molecule has 1 aromatic carbocycles. The number of nitrogens with one attached hydrogen (secondary N) is 1. The zero-order chi connectivity index (χ0) is 14.0. The lowest BCUT2D eigenvalue weighted by molar-refractivity contribution is 0.0942. The van der Waals surface area contributed by atoms with Crippen LogP contribution in [-0.2, 0) is 13.6 Å². The minimum Gasteiger partial charge on any atom is -0.396 e. The van der Waals surface area contributed by atoms with Gasteiger partial charge in [0.25, 0.3) is 5.91 Å². The largest absolute Gasteiger partial charge is 0.396 e. The Kier molecular flexibility index (Phi) is 3.71. The summed E-state index contributed by atoms with van der Waals surface area (Å²) in [5.41, 5.74) is 6.92. The van der Waals surface area contributed by atoms with Gasteiger partial charge >= 0.3 is 0 Å². The van der Waals surface area contributed by atoms with Crippen LogP contribution < -0.4 is 11.1 Å². The summed E-state index contributed by atoms with van der Waals surface area (Å²) < 4.78 is 14.4. The molecule has 0 spiro atoms. The second-order valence-electron chi connectivity index (χ2n) is 4.00. The number of nitrogen functional groups attached to an aromatic ring is 1. The van der Waals surface area contributed by atoms with E-state index in [4.69, 9.17) is 17.3 Å². The van der Waals surface area contributed by atoms with E-state index in [1.165, 1.54) is 23.0 Å². The quantitative estimate of drug-likeness (QED) is 0.900. The number of hydrogen-bond donors (Lipinski definition) is 2. The summed E-state index contributed by atoms with van der Waals surface area (Å²) in [4.78, 5) is 11.9. The van der Waals surface area contributed by atoms with E-state index < -0.39 is 5.82 Å². The van der Waals surface area contributed by atoms with Crippen LogP contribution in [0.25, 0.3) is 0 Å². The minimum absolute atomic E-state index is 0.0202. The van der Waals surface area contributed by atoms with Gasteiger partial charge < -0.3 is 11.1 Å². The summed E-state index contributed by atoms with van der Waals surface area (Å²) in [6.45, 7) is 0.226. The highest BCUT2D eigenvalue weighted by Crippen LogP contribution is 2.16. The Balaban J connectivity index is 2.06. The lowest BCUT2D eigenvalue weighted by Crippen LogP contribution is -2.26. The maximum atomic E-state index is 13.0. The van der Waals surface area contributed by atoms with Crippen molar-refractivity contribution in [3.05, 3.63) is 46.5 Å². The zero-order valence-electron chi connectivity index (χ0n) is 10.2. The number of aryl methyl sites for hydroxylation is 1. The number of amides is 1. The van der Waals surface area contributed by atoms with Gasteiger partial charge in [0.15, 0.2) is 0 Å². The minimum atomic E-state index is -0.493. The fourth-order valence-electron chi connectivity index (χ4n) is 1.65. The van der Waals surface area contributed by atoms with Crippen molar-refractivity contribution in [2.24, 2.45) is 7.05 Å². The molecule has 100 valence electrons. The Bertz CT molecular complexity index is 607. The number of nitrogens with two attached hydrogens (primary N) is 1. The average Bonchev–Trinajstić information content (AvgIpc) is 2.70. The third-order valence-electron chi connectivity index (χ3n) is 2.62. The van der Waals surface area contributed by atoms with Gasteiger partial charge in [-0.25, -0.2) is 4.39 Å². The predicted molar refractivity (Wildman–Crippen MR) is 70.2 cm³/mol. The summed E-state index contributed by atoms with van der Waals surface area (Å²) in [5.74, 6) is -0.842. The molecule has 0 radical (unpaired) electrons. The smallest absolute Gasteiger partial charge is 0.271 e. The summed E-state index contributed by atoms with van der Waals surface area (Å²) >= 11 is 5.66. The highest BCUT2D eigenvalue weighted by molar-refractivity contribution is 6.30. The number of anilines is 1. The molecule has 0 aliphatic heterocycles. The van der Waals surface area contributed by atoms with Crippen molar-refractivity contribution in [1.82, 2.24) is 15.1 Å². The van der Waals surface area contributed by atoms with Gasteiger partial charge in [-0.3, -0.25) is 9.48 Å². The normalized spacial score (nSPS) is 10.5. The molecule has 2 rings (SSSR count). The van der Waals surface area contributed by atoms with E-state index in [-0.39, 0.29) is 23.2 Å². The second kappa shape index (κ2) is 5.27. The molecule has 0 saturated carbocycles. The molecule has 1 heterocycles. The summed E-state index contributed by atoms with van der Waals surface area (Å²) in [5, 5.41) is 6.57. The number of halogens is 2. The molecule has 0 fully saturated rings. The summed E-state index contributed by atoms with van der Waals surface area (Å²) in [7, 11) is 1.63. The lowest BCUT2D eigenvalue weighted by Gasteiger charge is -2.07. The maximum absolute atomic E-state index is 13.0. The molecule has 7 heteroatoms. The van der Waals surface area contributed by atoms with Gasteiger partial charge in [0.2, 0.25) is 0 Å². The fraction of sp³-hybridized carbons (Fsp3) is 0.167. The lowest BCUT2D eigenvalue weighted by atomic mass is 10.2. The van der Waals surface area contributed by atoms with Crippen LogP contribution in [0, 0.1) is 5.82 Å². The third-order valence-corrected chi connectivity index (χ3v) is 2.91. The Morgan fingerprint density at radius 3 is 2.89 bits per heavy atom. The third kappa shape index (κ3) is 2.85. The van der Waals surface area contributed by atoms with Gasteiger partial charge in [-0.2, -0.15) is 5.10 Å². The van der Waals surface area contributed by atoms with Crippen LogP contribution in [0.5, 0.6) is 0 Å². The molecule has 2 aromatic rings. The Morgan fingerprint density at radius 1 is 1.58 bits per heavy atom. The van der Waals surface area contributed by atoms with Crippen molar-refractivity contribution in [2.45, 2.75) is 6.54 Å². The number of hydrogen-bond acceptors (Lipinski definition) is 3. The van der Waals surface area contributed by atoms with Crippen LogP contribution in [-0.4, -0.2) is 15.7 Å². The first kappa shape index (κ1) is 13.4. The van der Waals surface area contributed by atoms with Gasteiger partial charge in [-0.1, -0.05) is 17.7 Å². The second-order valence-corrected chi connectivity index (χ2v) is 4.41. The van der Waals surface area contributed by atoms with Crippen molar-refractivity contribution in [3.63, 3.8) is 0 Å². The van der Waals surface area contributed by atoms with Crippen LogP contribution in [0.2, 0.25) is 5.02 Å². The Labute approximate surface area is 114 Å². The van der Waals surface area contributed by atoms with E-state index in [1.807, 2.05) is 0 Å². The van der Waals surface area contributed by atoms with Gasteiger partial charge in [-0.05, 0) is 17.7 Å². The van der Waals surface area contributed by atoms with E-state index in [0.29, 0.717) is 11.3 Å². The molecule has 5 nitrogen and oxygen atoms in total. The topological polar surface area (TPSA) is 72.9 Å². The first-order chi connectivity index (χ1) is 8.99. The standard InChI is InChI=1S/C12H12ClFN4O/c1-18-11(10(15)6-17-18)12(19)16-5-7-2-3-9(14)8(13)4-7/h2-4,6H,5,15H2,1H3,(H,16,19). The molecular formula is C12H12ClFN4O. The SMILES string of the molecule is Cn1ncc(N)c1C(=O)NCc1ccc(F)c(Cl)c1. The van der Waals surface area contributed by atoms with Crippen LogP contribution in [0.15, 0.2) is 24.4 Å². The van der Waals surface area contributed by atoms with Crippen LogP contribution >= 0.6 is 11.6 Å². The monoisotopic (exact) mass is 282 g/mol. The number of rotatable bonds is 3. The highest BCUT2D eigenvalue weighted by atomic mass is 35.5. The van der Waals surface area contributed by atoms with Crippen molar-refractivity contribution in [1.29, 1.82) is 0 Å². The molecule has 19 heavy (non-hydrogen) atoms. The molecule has 0 unspecified atom stereocenters. The molecule has 3 N–H and O–H groups in total. The molecule has 1 amide bonds. The van der Waals surface area contributed by atoms with E-state index in [1.54, 1.807) is 13.1 Å². The molecule has 0 aliphatic carbocycles. The van der Waals surface area contributed by atoms with Crippen LogP contribution in [0.3, 0.4) is 0 Å². The molecular weight excluding hydrogens is 271 g/mol. The molecule has 1 aromatic heterocycles. The zero-order valence-corrected chi connectivity index (χ0v) is 10.9. The fourth-order valence-corrected chi connectivity index (χ4v) is 1.85. The van der Waals surface area contributed by atoms with Crippen molar-refractivity contribution >= 4 is 23.2 Å². The van der Waals surface area contributed by atoms with E-state index in [2.05, 4.69) is 10.4 Å². The predicted octanol–water partition coefficient (Wildman–Crippen LogP) is 1.72. The Hall–Kier alpha value is -2.08. The van der Waals surface area contributed by atoms with Crippen molar-refractivity contribution < 1.29 is 9.18 Å². The highest BCUT2D eigenvalue weighted by Gasteiger charge is 2.14. The van der Waals surface area contributed by atoms with E-state index >= 15 is 0 Å². The average molecular weight is 283 g/mol. The first-order valence-corrected chi connectivity index (χ1v) is 5.86. The molecule has 0 aliphatic rings. The van der Waals surface area contributed by atoms with Crippen LogP contribution in [0.1, 0.15) is 16.1 Å². The van der Waals surface area contributed by atoms with Crippen molar-refractivity contribution in [2.75, 3.05) is 5.73 Å². The first-order valence-electron chi connectivity index (χ1n) is 5.48. The van der Waals surface area contributed by atoms with Crippen molar-refractivity contribution in [3.8, 4) is 0 Å². The molecule has 0 atom stereocenters. The van der Waals surface area contributed by atoms with Gasteiger partial charge in [0, 0.05) is 13.6 Å². The number of carbonyl (C=O) groups is 1. The van der Waals surface area contributed by atoms with Gasteiger partial charge in [0.1, 0.15) is 11.5 Å². The number of benzene rings is 1. The van der Waals surface area contributed by atoms with Crippen LogP contribution in [0.4, 0.5) is 10.1 Å². The molecule has 0 bridgehead atoms. The van der Waals surface area contributed by atoms with Gasteiger partial charge in [-0.15, -0.1) is 0 Å². The number of aromatic nitrogens is 2. The summed E-state index contributed by atoms with van der Waals surface area (Å²) in [6.07, 6.45) is 1.41. The van der Waals surface area contributed by atoms with E-state index in [0.717, 1.165) is 0 Å². The maximum Gasteiger partial charge on any atom is 0.271 e. The number of carbonyl (C=O) groups excluding carboxylic acids is 1. The molecule has 0 saturated heterocycles. The summed E-state index contributed by atoms with van der Waals surface area (Å²) in [6, 6.07) is 4.26. The Morgan fingerprint density at radius 2 is 2.32 bits per heavy atom. The number of nitrogens with zero attached hydrogens (tertiary/aromatic N) is 2. The van der Waals surface area contributed by atoms with Gasteiger partial charge in [0.05, 0.1) is 16.9 Å².